The molecular formula is C26H20S. The van der Waals surface area contributed by atoms with Crippen LogP contribution in [0.25, 0.3) is 42.4 Å². The highest BCUT2D eigenvalue weighted by molar-refractivity contribution is 7.26. The van der Waals surface area contributed by atoms with Gasteiger partial charge in [0.05, 0.1) is 0 Å². The van der Waals surface area contributed by atoms with Gasteiger partial charge in [-0.05, 0) is 34.7 Å². The molecule has 0 nitrogen and oxygen atoms in total. The van der Waals surface area contributed by atoms with Crippen molar-refractivity contribution in [1.82, 2.24) is 0 Å². The van der Waals surface area contributed by atoms with Crippen molar-refractivity contribution in [1.29, 1.82) is 0 Å². The number of hydrogen-bond donors (Lipinski definition) is 0. The van der Waals surface area contributed by atoms with Crippen LogP contribution in [0.3, 0.4) is 0 Å². The molecule has 0 N–H and O–H groups in total. The molecule has 0 radical (unpaired) electrons. The van der Waals surface area contributed by atoms with Gasteiger partial charge in [-0.25, -0.2) is 0 Å². The third-order valence-electron chi connectivity index (χ3n) is 5.27. The van der Waals surface area contributed by atoms with Crippen molar-refractivity contribution in [3.8, 4) is 22.3 Å². The highest BCUT2D eigenvalue weighted by Gasteiger charge is 2.14. The van der Waals surface area contributed by atoms with E-state index in [4.69, 9.17) is 0 Å². The van der Waals surface area contributed by atoms with Gasteiger partial charge >= 0.3 is 0 Å². The van der Waals surface area contributed by atoms with Crippen LogP contribution in [0, 0.1) is 0 Å². The van der Waals surface area contributed by atoms with Gasteiger partial charge in [0.2, 0.25) is 0 Å². The first-order chi connectivity index (χ1) is 13.3. The van der Waals surface area contributed by atoms with Crippen molar-refractivity contribution in [3.05, 3.63) is 96.6 Å². The molecule has 0 aliphatic carbocycles. The Labute approximate surface area is 163 Å². The number of thiophene rings is 1. The fourth-order valence-corrected chi connectivity index (χ4v) is 5.09. The summed E-state index contributed by atoms with van der Waals surface area (Å²) in [5.74, 6) is 0. The van der Waals surface area contributed by atoms with Crippen LogP contribution in [0.5, 0.6) is 0 Å². The predicted molar refractivity (Wildman–Crippen MR) is 120 cm³/mol. The molecule has 0 amide bonds. The van der Waals surface area contributed by atoms with Crippen LogP contribution in [-0.2, 0) is 6.42 Å². The molecule has 0 aliphatic rings. The lowest BCUT2D eigenvalue weighted by Crippen LogP contribution is -1.89. The third kappa shape index (κ3) is 2.75. The fourth-order valence-electron chi connectivity index (χ4n) is 3.86. The van der Waals surface area contributed by atoms with Crippen molar-refractivity contribution in [2.24, 2.45) is 0 Å². The molecule has 5 aromatic rings. The summed E-state index contributed by atoms with van der Waals surface area (Å²) in [7, 11) is 0. The van der Waals surface area contributed by atoms with Crippen molar-refractivity contribution in [3.63, 3.8) is 0 Å². The van der Waals surface area contributed by atoms with E-state index in [0.717, 1.165) is 6.42 Å². The Morgan fingerprint density at radius 2 is 1.41 bits per heavy atom. The first-order valence-electron chi connectivity index (χ1n) is 9.44. The minimum atomic E-state index is 1.05. The second-order valence-corrected chi connectivity index (χ2v) is 7.93. The largest absolute Gasteiger partial charge is 0.135 e. The number of fused-ring (bicyclic) bond motifs is 3. The summed E-state index contributed by atoms with van der Waals surface area (Å²) in [6, 6.07) is 33.1. The summed E-state index contributed by atoms with van der Waals surface area (Å²) in [4.78, 5) is 0. The van der Waals surface area contributed by atoms with Crippen LogP contribution in [0.1, 0.15) is 12.5 Å². The number of benzene rings is 4. The van der Waals surface area contributed by atoms with Crippen LogP contribution < -0.4 is 0 Å². The second kappa shape index (κ2) is 6.68. The van der Waals surface area contributed by atoms with Gasteiger partial charge in [0.25, 0.3) is 0 Å². The van der Waals surface area contributed by atoms with E-state index in [1.54, 1.807) is 0 Å². The lowest BCUT2D eigenvalue weighted by Gasteiger charge is -2.13. The SMILES string of the molecule is CCc1ccc(-c2ccccc2)c(-c2cccc3c2sc2ccccc23)c1. The second-order valence-electron chi connectivity index (χ2n) is 6.88. The van der Waals surface area contributed by atoms with Gasteiger partial charge in [-0.3, -0.25) is 0 Å². The van der Waals surface area contributed by atoms with E-state index in [2.05, 4.69) is 97.9 Å². The van der Waals surface area contributed by atoms with E-state index in [0.29, 0.717) is 0 Å². The van der Waals surface area contributed by atoms with Gasteiger partial charge in [0.15, 0.2) is 0 Å². The third-order valence-corrected chi connectivity index (χ3v) is 6.49. The minimum Gasteiger partial charge on any atom is -0.135 e. The Kier molecular flexibility index (Phi) is 4.03. The van der Waals surface area contributed by atoms with Crippen LogP contribution in [0.2, 0.25) is 0 Å². The fraction of sp³-hybridized carbons (Fsp3) is 0.0769. The molecule has 0 atom stereocenters. The van der Waals surface area contributed by atoms with E-state index in [-0.39, 0.29) is 0 Å². The molecule has 1 heterocycles. The summed E-state index contributed by atoms with van der Waals surface area (Å²) in [5, 5.41) is 2.71. The maximum absolute atomic E-state index is 2.38. The van der Waals surface area contributed by atoms with Crippen LogP contribution in [0.4, 0.5) is 0 Å². The first-order valence-corrected chi connectivity index (χ1v) is 10.3. The maximum atomic E-state index is 2.38. The molecule has 0 aliphatic heterocycles. The lowest BCUT2D eigenvalue weighted by atomic mass is 9.91. The molecule has 0 saturated carbocycles. The van der Waals surface area contributed by atoms with Crippen LogP contribution in [-0.4, -0.2) is 0 Å². The monoisotopic (exact) mass is 364 g/mol. The normalized spacial score (nSPS) is 11.3. The Hall–Kier alpha value is -2.90. The van der Waals surface area contributed by atoms with E-state index in [9.17, 15) is 0 Å². The molecule has 0 bridgehead atoms. The minimum absolute atomic E-state index is 1.05. The van der Waals surface area contributed by atoms with Crippen molar-refractivity contribution in [2.75, 3.05) is 0 Å². The highest BCUT2D eigenvalue weighted by atomic mass is 32.1. The summed E-state index contributed by atoms with van der Waals surface area (Å²) in [6.07, 6.45) is 1.05. The molecule has 1 heteroatoms. The topological polar surface area (TPSA) is 0 Å². The van der Waals surface area contributed by atoms with Gasteiger partial charge < -0.3 is 0 Å². The van der Waals surface area contributed by atoms with Gasteiger partial charge in [-0.2, -0.15) is 0 Å². The predicted octanol–water partition coefficient (Wildman–Crippen LogP) is 7.95. The van der Waals surface area contributed by atoms with Gasteiger partial charge in [0, 0.05) is 25.7 Å². The van der Waals surface area contributed by atoms with Gasteiger partial charge in [-0.1, -0.05) is 91.9 Å². The Bertz CT molecular complexity index is 1250. The van der Waals surface area contributed by atoms with Crippen molar-refractivity contribution < 1.29 is 0 Å². The summed E-state index contributed by atoms with van der Waals surface area (Å²) in [6.45, 7) is 2.22. The number of hydrogen-bond acceptors (Lipinski definition) is 1. The molecule has 5 rings (SSSR count). The van der Waals surface area contributed by atoms with Crippen LogP contribution in [0.15, 0.2) is 91.0 Å². The zero-order valence-corrected chi connectivity index (χ0v) is 16.1. The average molecular weight is 365 g/mol. The zero-order valence-electron chi connectivity index (χ0n) is 15.3. The molecule has 27 heavy (non-hydrogen) atoms. The van der Waals surface area contributed by atoms with E-state index < -0.39 is 0 Å². The molecule has 1 aromatic heterocycles. The number of rotatable bonds is 3. The van der Waals surface area contributed by atoms with Gasteiger partial charge in [0.1, 0.15) is 0 Å². The molecule has 0 spiro atoms. The van der Waals surface area contributed by atoms with E-state index in [1.807, 2.05) is 11.3 Å². The maximum Gasteiger partial charge on any atom is 0.0434 e. The van der Waals surface area contributed by atoms with Crippen LogP contribution >= 0.6 is 11.3 Å². The van der Waals surface area contributed by atoms with Gasteiger partial charge in [-0.15, -0.1) is 11.3 Å². The average Bonchev–Trinajstić information content (AvgIpc) is 3.13. The summed E-state index contributed by atoms with van der Waals surface area (Å²) < 4.78 is 2.73. The summed E-state index contributed by atoms with van der Waals surface area (Å²) >= 11 is 1.90. The molecule has 0 saturated heterocycles. The molecule has 0 fully saturated rings. The zero-order chi connectivity index (χ0) is 18.2. The Morgan fingerprint density at radius 1 is 0.630 bits per heavy atom. The van der Waals surface area contributed by atoms with E-state index >= 15 is 0 Å². The lowest BCUT2D eigenvalue weighted by molar-refractivity contribution is 1.14. The number of aryl methyl sites for hydroxylation is 1. The molecule has 0 unspecified atom stereocenters. The molecule has 4 aromatic carbocycles. The van der Waals surface area contributed by atoms with E-state index in [1.165, 1.54) is 48.0 Å². The Morgan fingerprint density at radius 3 is 2.26 bits per heavy atom. The molecular weight excluding hydrogens is 344 g/mol. The van der Waals surface area contributed by atoms with Crippen molar-refractivity contribution >= 4 is 31.5 Å². The summed E-state index contributed by atoms with van der Waals surface area (Å²) in [5.41, 5.74) is 6.62. The smallest absolute Gasteiger partial charge is 0.0434 e. The quantitative estimate of drug-likeness (QED) is 0.305. The van der Waals surface area contributed by atoms with Crippen molar-refractivity contribution in [2.45, 2.75) is 13.3 Å². The first kappa shape index (κ1) is 16.3. The standard InChI is InChI=1S/C26H20S/c1-2-18-15-16-20(19-9-4-3-5-10-19)24(17-18)23-13-8-12-22-21-11-6-7-14-25(21)27-26(22)23/h3-17H,2H2,1H3. The molecule has 130 valence electrons. The Balaban J connectivity index is 1.84. The highest BCUT2D eigenvalue weighted by Crippen LogP contribution is 2.42.